The highest BCUT2D eigenvalue weighted by Crippen LogP contribution is 2.13. The summed E-state index contributed by atoms with van der Waals surface area (Å²) in [5.74, 6) is 0.151. The molecule has 0 radical (unpaired) electrons. The van der Waals surface area contributed by atoms with Gasteiger partial charge in [-0.05, 0) is 18.8 Å². The minimum atomic E-state index is -0.353. The lowest BCUT2D eigenvalue weighted by molar-refractivity contribution is -0.133. The molecule has 2 unspecified atom stereocenters. The summed E-state index contributed by atoms with van der Waals surface area (Å²) in [4.78, 5) is 25.3. The van der Waals surface area contributed by atoms with Crippen LogP contribution in [0.25, 0.3) is 0 Å². The lowest BCUT2D eigenvalue weighted by Gasteiger charge is -2.19. The quantitative estimate of drug-likeness (QED) is 0.709. The Morgan fingerprint density at radius 2 is 2.24 bits per heavy atom. The number of hydrogen-bond donors (Lipinski definition) is 2. The number of amides is 2. The molecule has 5 nitrogen and oxygen atoms in total. The average molecular weight is 241 g/mol. The van der Waals surface area contributed by atoms with E-state index >= 15 is 0 Å². The predicted octanol–water partition coefficient (Wildman–Crippen LogP) is -0.0457. The van der Waals surface area contributed by atoms with Crippen molar-refractivity contribution in [2.75, 3.05) is 20.1 Å². The molecule has 0 aromatic carbocycles. The van der Waals surface area contributed by atoms with E-state index in [0.717, 1.165) is 6.42 Å². The molecule has 0 saturated carbocycles. The van der Waals surface area contributed by atoms with Gasteiger partial charge >= 0.3 is 0 Å². The Labute approximate surface area is 103 Å². The van der Waals surface area contributed by atoms with Crippen LogP contribution in [0.3, 0.4) is 0 Å². The molecule has 0 aromatic rings. The number of carbonyl (C=O) groups excluding carboxylic acids is 2. The second-order valence-corrected chi connectivity index (χ2v) is 5.17. The lowest BCUT2D eigenvalue weighted by Crippen LogP contribution is -2.45. The minimum absolute atomic E-state index is 0.00123. The minimum Gasteiger partial charge on any atom is -0.344 e. The van der Waals surface area contributed by atoms with E-state index in [4.69, 9.17) is 5.73 Å². The van der Waals surface area contributed by atoms with Crippen LogP contribution >= 0.6 is 0 Å². The van der Waals surface area contributed by atoms with Crippen molar-refractivity contribution in [1.82, 2.24) is 10.2 Å². The Morgan fingerprint density at radius 3 is 2.65 bits per heavy atom. The molecular weight excluding hydrogens is 218 g/mol. The van der Waals surface area contributed by atoms with E-state index in [0.29, 0.717) is 25.4 Å². The highest BCUT2D eigenvalue weighted by Gasteiger charge is 2.31. The summed E-state index contributed by atoms with van der Waals surface area (Å²) in [5, 5.41) is 2.81. The van der Waals surface area contributed by atoms with Crippen LogP contribution in [0.2, 0.25) is 0 Å². The van der Waals surface area contributed by atoms with Gasteiger partial charge in [-0.15, -0.1) is 0 Å². The highest BCUT2D eigenvalue weighted by molar-refractivity contribution is 5.89. The molecule has 1 fully saturated rings. The van der Waals surface area contributed by atoms with Crippen molar-refractivity contribution < 1.29 is 9.59 Å². The van der Waals surface area contributed by atoms with Crippen LogP contribution in [-0.4, -0.2) is 42.9 Å². The van der Waals surface area contributed by atoms with Crippen molar-refractivity contribution >= 4 is 11.8 Å². The second kappa shape index (κ2) is 6.00. The summed E-state index contributed by atoms with van der Waals surface area (Å²) >= 11 is 0. The fourth-order valence-corrected chi connectivity index (χ4v) is 2.13. The molecule has 2 amide bonds. The Bertz CT molecular complexity index is 291. The van der Waals surface area contributed by atoms with Crippen LogP contribution in [-0.2, 0) is 9.59 Å². The number of likely N-dealkylation sites (N-methyl/N-ethyl adjacent to an activating group) is 1. The van der Waals surface area contributed by atoms with Gasteiger partial charge in [0.2, 0.25) is 11.8 Å². The zero-order chi connectivity index (χ0) is 13.0. The Hall–Kier alpha value is -1.10. The molecule has 1 saturated heterocycles. The summed E-state index contributed by atoms with van der Waals surface area (Å²) in [5.41, 5.74) is 5.60. The number of nitrogens with two attached hydrogens (primary N) is 1. The summed E-state index contributed by atoms with van der Waals surface area (Å²) in [6.45, 7) is 5.16. The molecule has 0 bridgehead atoms. The van der Waals surface area contributed by atoms with Gasteiger partial charge in [-0.3, -0.25) is 9.59 Å². The van der Waals surface area contributed by atoms with Gasteiger partial charge in [0.25, 0.3) is 0 Å². The first-order valence-corrected chi connectivity index (χ1v) is 6.21. The molecule has 2 atom stereocenters. The lowest BCUT2D eigenvalue weighted by atomic mass is 9.96. The van der Waals surface area contributed by atoms with Crippen molar-refractivity contribution in [3.05, 3.63) is 0 Å². The van der Waals surface area contributed by atoms with Crippen molar-refractivity contribution in [3.63, 3.8) is 0 Å². The first-order valence-electron chi connectivity index (χ1n) is 6.21. The first kappa shape index (κ1) is 14.0. The van der Waals surface area contributed by atoms with Gasteiger partial charge in [-0.1, -0.05) is 13.8 Å². The topological polar surface area (TPSA) is 75.4 Å². The van der Waals surface area contributed by atoms with E-state index in [1.165, 1.54) is 0 Å². The Balaban J connectivity index is 2.50. The van der Waals surface area contributed by atoms with Gasteiger partial charge in [-0.2, -0.15) is 0 Å². The van der Waals surface area contributed by atoms with E-state index in [9.17, 15) is 9.59 Å². The van der Waals surface area contributed by atoms with Crippen molar-refractivity contribution in [1.29, 1.82) is 0 Å². The van der Waals surface area contributed by atoms with Crippen LogP contribution in [0.4, 0.5) is 0 Å². The maximum Gasteiger partial charge on any atom is 0.244 e. The van der Waals surface area contributed by atoms with Crippen LogP contribution in [0.1, 0.15) is 26.7 Å². The van der Waals surface area contributed by atoms with Crippen LogP contribution in [0.15, 0.2) is 0 Å². The molecule has 17 heavy (non-hydrogen) atoms. The van der Waals surface area contributed by atoms with Gasteiger partial charge in [-0.25, -0.2) is 0 Å². The maximum absolute atomic E-state index is 12.0. The SMILES string of the molecule is CC(C)CC(CN)C(=O)NC1CCN(C)C1=O. The molecule has 5 heteroatoms. The fraction of sp³-hybridized carbons (Fsp3) is 0.833. The summed E-state index contributed by atoms with van der Waals surface area (Å²) < 4.78 is 0. The summed E-state index contributed by atoms with van der Waals surface area (Å²) in [6.07, 6.45) is 1.46. The Kier molecular flexibility index (Phi) is 4.93. The van der Waals surface area contributed by atoms with Crippen LogP contribution in [0.5, 0.6) is 0 Å². The van der Waals surface area contributed by atoms with E-state index in [-0.39, 0.29) is 23.8 Å². The Morgan fingerprint density at radius 1 is 1.59 bits per heavy atom. The van der Waals surface area contributed by atoms with Gasteiger partial charge in [0, 0.05) is 20.1 Å². The van der Waals surface area contributed by atoms with Gasteiger partial charge < -0.3 is 16.0 Å². The number of carbonyl (C=O) groups is 2. The molecular formula is C12H23N3O2. The molecule has 1 rings (SSSR count). The second-order valence-electron chi connectivity index (χ2n) is 5.17. The van der Waals surface area contributed by atoms with Crippen LogP contribution < -0.4 is 11.1 Å². The number of nitrogens with one attached hydrogen (secondary N) is 1. The standard InChI is InChI=1S/C12H23N3O2/c1-8(2)6-9(7-13)11(16)14-10-4-5-15(3)12(10)17/h8-10H,4-7,13H2,1-3H3,(H,14,16). The first-order chi connectivity index (χ1) is 7.95. The van der Waals surface area contributed by atoms with Gasteiger partial charge in [0.15, 0.2) is 0 Å². The van der Waals surface area contributed by atoms with Gasteiger partial charge in [0.1, 0.15) is 6.04 Å². The van der Waals surface area contributed by atoms with E-state index < -0.39 is 0 Å². The van der Waals surface area contributed by atoms with Crippen molar-refractivity contribution in [2.45, 2.75) is 32.7 Å². The highest BCUT2D eigenvalue weighted by atomic mass is 16.2. The smallest absolute Gasteiger partial charge is 0.244 e. The average Bonchev–Trinajstić information content (AvgIpc) is 2.57. The molecule has 98 valence electrons. The largest absolute Gasteiger partial charge is 0.344 e. The predicted molar refractivity (Wildman–Crippen MR) is 66.2 cm³/mol. The zero-order valence-corrected chi connectivity index (χ0v) is 10.9. The number of likely N-dealkylation sites (tertiary alicyclic amines) is 1. The van der Waals surface area contributed by atoms with E-state index in [1.807, 2.05) is 0 Å². The summed E-state index contributed by atoms with van der Waals surface area (Å²) in [7, 11) is 1.75. The third-order valence-corrected chi connectivity index (χ3v) is 3.16. The van der Waals surface area contributed by atoms with Crippen molar-refractivity contribution in [2.24, 2.45) is 17.6 Å². The molecule has 0 aromatic heterocycles. The third-order valence-electron chi connectivity index (χ3n) is 3.16. The van der Waals surface area contributed by atoms with E-state index in [1.54, 1.807) is 11.9 Å². The zero-order valence-electron chi connectivity index (χ0n) is 10.9. The van der Waals surface area contributed by atoms with E-state index in [2.05, 4.69) is 19.2 Å². The molecule has 1 heterocycles. The van der Waals surface area contributed by atoms with Crippen molar-refractivity contribution in [3.8, 4) is 0 Å². The number of hydrogen-bond acceptors (Lipinski definition) is 3. The third kappa shape index (κ3) is 3.70. The fourth-order valence-electron chi connectivity index (χ4n) is 2.13. The number of rotatable bonds is 5. The normalized spacial score (nSPS) is 22.1. The molecule has 3 N–H and O–H groups in total. The van der Waals surface area contributed by atoms with Crippen LogP contribution in [0, 0.1) is 11.8 Å². The maximum atomic E-state index is 12.0. The number of nitrogens with zero attached hydrogens (tertiary/aromatic N) is 1. The molecule has 1 aliphatic rings. The van der Waals surface area contributed by atoms with Gasteiger partial charge in [0.05, 0.1) is 5.92 Å². The molecule has 1 aliphatic heterocycles. The molecule has 0 aliphatic carbocycles. The monoisotopic (exact) mass is 241 g/mol. The molecule has 0 spiro atoms. The summed E-state index contributed by atoms with van der Waals surface area (Å²) in [6, 6.07) is -0.353.